The number of alkyl halides is 3. The highest BCUT2D eigenvalue weighted by Gasteiger charge is 2.33. The van der Waals surface area contributed by atoms with E-state index in [1.54, 1.807) is 19.1 Å². The zero-order valence-electron chi connectivity index (χ0n) is 14.1. The maximum Gasteiger partial charge on any atom is 0.417 e. The van der Waals surface area contributed by atoms with Gasteiger partial charge in [0, 0.05) is 5.56 Å². The van der Waals surface area contributed by atoms with E-state index in [1.165, 1.54) is 36.7 Å². The molecule has 0 amide bonds. The Labute approximate surface area is 152 Å². The molecule has 3 rings (SSSR count). The van der Waals surface area contributed by atoms with Gasteiger partial charge >= 0.3 is 12.1 Å². The van der Waals surface area contributed by atoms with Gasteiger partial charge in [-0.25, -0.2) is 14.8 Å². The minimum atomic E-state index is -4.52. The van der Waals surface area contributed by atoms with Gasteiger partial charge in [0.1, 0.15) is 0 Å². The van der Waals surface area contributed by atoms with Crippen LogP contribution in [0.4, 0.5) is 24.5 Å². The fourth-order valence-electron chi connectivity index (χ4n) is 2.56. The van der Waals surface area contributed by atoms with Crippen molar-refractivity contribution in [3.05, 3.63) is 71.5 Å². The molecule has 0 saturated heterocycles. The van der Waals surface area contributed by atoms with Crippen LogP contribution in [0.3, 0.4) is 0 Å². The van der Waals surface area contributed by atoms with Crippen molar-refractivity contribution in [3.63, 3.8) is 0 Å². The molecule has 27 heavy (non-hydrogen) atoms. The van der Waals surface area contributed by atoms with Crippen molar-refractivity contribution in [2.75, 3.05) is 5.32 Å². The number of carbonyl (C=O) groups is 1. The summed E-state index contributed by atoms with van der Waals surface area (Å²) in [6, 6.07) is 9.90. The highest BCUT2D eigenvalue weighted by atomic mass is 19.4. The van der Waals surface area contributed by atoms with Crippen LogP contribution in [-0.4, -0.2) is 21.0 Å². The van der Waals surface area contributed by atoms with Crippen LogP contribution in [0.5, 0.6) is 0 Å². The van der Waals surface area contributed by atoms with Gasteiger partial charge in [0.2, 0.25) is 0 Å². The number of nitrogens with one attached hydrogen (secondary N) is 1. The van der Waals surface area contributed by atoms with E-state index in [0.29, 0.717) is 11.4 Å². The largest absolute Gasteiger partial charge is 0.478 e. The van der Waals surface area contributed by atoms with Crippen molar-refractivity contribution in [1.29, 1.82) is 0 Å². The molecule has 0 unspecified atom stereocenters. The summed E-state index contributed by atoms with van der Waals surface area (Å²) in [6.07, 6.45) is -1.91. The lowest BCUT2D eigenvalue weighted by molar-refractivity contribution is -0.137. The molecule has 0 spiro atoms. The number of halogens is 3. The fraction of sp³-hybridized carbons (Fsp3) is 0.105. The monoisotopic (exact) mass is 373 g/mol. The number of rotatable bonds is 4. The Hall–Kier alpha value is -3.42. The van der Waals surface area contributed by atoms with Crippen molar-refractivity contribution in [2.24, 2.45) is 0 Å². The maximum atomic E-state index is 13.1. The molecule has 0 aliphatic rings. The van der Waals surface area contributed by atoms with Crippen LogP contribution in [0, 0.1) is 6.92 Å². The molecule has 0 fully saturated rings. The first-order chi connectivity index (χ1) is 12.8. The van der Waals surface area contributed by atoms with E-state index in [9.17, 15) is 23.1 Å². The average Bonchev–Trinajstić information content (AvgIpc) is 2.63. The second-order valence-electron chi connectivity index (χ2n) is 5.82. The third-order valence-corrected chi connectivity index (χ3v) is 3.81. The van der Waals surface area contributed by atoms with E-state index in [1.807, 2.05) is 0 Å². The number of aromatic carboxylic acids is 1. The minimum Gasteiger partial charge on any atom is -0.478 e. The predicted molar refractivity (Wildman–Crippen MR) is 93.9 cm³/mol. The molecule has 0 radical (unpaired) electrons. The molecule has 1 heterocycles. The second-order valence-corrected chi connectivity index (χ2v) is 5.82. The summed E-state index contributed by atoms with van der Waals surface area (Å²) in [5, 5.41) is 12.2. The minimum absolute atomic E-state index is 0.0708. The van der Waals surface area contributed by atoms with Crippen molar-refractivity contribution < 1.29 is 23.1 Å². The molecule has 8 heteroatoms. The molecule has 0 bridgehead atoms. The zero-order chi connectivity index (χ0) is 19.6. The number of aryl methyl sites for hydroxylation is 1. The molecule has 2 N–H and O–H groups in total. The van der Waals surface area contributed by atoms with Gasteiger partial charge < -0.3 is 10.4 Å². The summed E-state index contributed by atoms with van der Waals surface area (Å²) in [6.45, 7) is 1.77. The van der Waals surface area contributed by atoms with Crippen molar-refractivity contribution in [1.82, 2.24) is 9.97 Å². The summed E-state index contributed by atoms with van der Waals surface area (Å²) in [4.78, 5) is 19.3. The summed E-state index contributed by atoms with van der Waals surface area (Å²) in [5.41, 5.74) is 0.597. The Balaban J connectivity index is 1.91. The van der Waals surface area contributed by atoms with Crippen LogP contribution in [0.2, 0.25) is 0 Å². The summed E-state index contributed by atoms with van der Waals surface area (Å²) < 4.78 is 39.4. The third-order valence-electron chi connectivity index (χ3n) is 3.81. The Morgan fingerprint density at radius 1 is 1.07 bits per heavy atom. The highest BCUT2D eigenvalue weighted by Crippen LogP contribution is 2.35. The van der Waals surface area contributed by atoms with Crippen molar-refractivity contribution in [3.8, 4) is 11.4 Å². The van der Waals surface area contributed by atoms with Crippen LogP contribution in [0.25, 0.3) is 11.4 Å². The second kappa shape index (κ2) is 7.06. The van der Waals surface area contributed by atoms with Crippen LogP contribution in [0.15, 0.2) is 54.9 Å². The van der Waals surface area contributed by atoms with Gasteiger partial charge in [-0.15, -0.1) is 0 Å². The van der Waals surface area contributed by atoms with Gasteiger partial charge in [-0.05, 0) is 25.1 Å². The molecule has 0 aliphatic heterocycles. The number of benzene rings is 2. The Bertz CT molecular complexity index is 986. The normalized spacial score (nSPS) is 11.3. The number of carboxylic acids is 1. The molecule has 0 saturated carbocycles. The lowest BCUT2D eigenvalue weighted by Gasteiger charge is -2.13. The Morgan fingerprint density at radius 2 is 1.74 bits per heavy atom. The SMILES string of the molecule is Cc1ccc(Nc2cnc(-c3ccccc3C(F)(F)F)nc2)c(C(=O)O)c1. The number of nitrogens with zero attached hydrogens (tertiary/aromatic N) is 2. The highest BCUT2D eigenvalue weighted by molar-refractivity contribution is 5.95. The quantitative estimate of drug-likeness (QED) is 0.679. The molecular weight excluding hydrogens is 359 g/mol. The van der Waals surface area contributed by atoms with Gasteiger partial charge in [-0.3, -0.25) is 0 Å². The van der Waals surface area contributed by atoms with E-state index in [4.69, 9.17) is 0 Å². The topological polar surface area (TPSA) is 75.1 Å². The van der Waals surface area contributed by atoms with Crippen LogP contribution in [-0.2, 0) is 6.18 Å². The van der Waals surface area contributed by atoms with Crippen LogP contribution >= 0.6 is 0 Å². The number of hydrogen-bond acceptors (Lipinski definition) is 4. The number of carboxylic acid groups (broad SMARTS) is 1. The molecular formula is C19H14F3N3O2. The first kappa shape index (κ1) is 18.4. The maximum absolute atomic E-state index is 13.1. The number of hydrogen-bond donors (Lipinski definition) is 2. The van der Waals surface area contributed by atoms with Gasteiger partial charge in [-0.1, -0.05) is 29.8 Å². The van der Waals surface area contributed by atoms with Gasteiger partial charge in [-0.2, -0.15) is 13.2 Å². The molecule has 0 atom stereocenters. The molecule has 138 valence electrons. The Morgan fingerprint density at radius 3 is 2.37 bits per heavy atom. The molecule has 3 aromatic rings. The third kappa shape index (κ3) is 4.05. The summed E-state index contributed by atoms with van der Waals surface area (Å²) in [7, 11) is 0. The van der Waals surface area contributed by atoms with E-state index < -0.39 is 17.7 Å². The van der Waals surface area contributed by atoms with Gasteiger partial charge in [0.15, 0.2) is 5.82 Å². The summed E-state index contributed by atoms with van der Waals surface area (Å²) >= 11 is 0. The number of anilines is 2. The van der Waals surface area contributed by atoms with Crippen molar-refractivity contribution in [2.45, 2.75) is 13.1 Å². The lowest BCUT2D eigenvalue weighted by atomic mass is 10.1. The van der Waals surface area contributed by atoms with E-state index in [2.05, 4.69) is 15.3 Å². The molecule has 5 nitrogen and oxygen atoms in total. The van der Waals surface area contributed by atoms with Gasteiger partial charge in [0.25, 0.3) is 0 Å². The van der Waals surface area contributed by atoms with Crippen LogP contribution < -0.4 is 5.32 Å². The first-order valence-corrected chi connectivity index (χ1v) is 7.85. The Kier molecular flexibility index (Phi) is 4.81. The number of aromatic nitrogens is 2. The predicted octanol–water partition coefficient (Wildman–Crippen LogP) is 4.91. The van der Waals surface area contributed by atoms with E-state index in [-0.39, 0.29) is 17.0 Å². The molecule has 0 aliphatic carbocycles. The standard InChI is InChI=1S/C19H14F3N3O2/c1-11-6-7-16(14(8-11)18(26)27)25-12-9-23-17(24-10-12)13-4-2-3-5-15(13)19(20,21)22/h2-10,25H,1H3,(H,26,27). The van der Waals surface area contributed by atoms with E-state index >= 15 is 0 Å². The average molecular weight is 373 g/mol. The van der Waals surface area contributed by atoms with Crippen molar-refractivity contribution >= 4 is 17.3 Å². The smallest absolute Gasteiger partial charge is 0.417 e. The summed E-state index contributed by atoms with van der Waals surface area (Å²) in [5.74, 6) is -1.17. The lowest BCUT2D eigenvalue weighted by Crippen LogP contribution is -2.08. The molecule has 1 aromatic heterocycles. The first-order valence-electron chi connectivity index (χ1n) is 7.85. The van der Waals surface area contributed by atoms with Crippen LogP contribution in [0.1, 0.15) is 21.5 Å². The zero-order valence-corrected chi connectivity index (χ0v) is 14.1. The van der Waals surface area contributed by atoms with E-state index in [0.717, 1.165) is 11.6 Å². The fourth-order valence-corrected chi connectivity index (χ4v) is 2.56. The molecule has 2 aromatic carbocycles. The van der Waals surface area contributed by atoms with Gasteiger partial charge in [0.05, 0.1) is 34.9 Å².